The number of aromatic amines is 1. The molecular weight excluding hydrogens is 246 g/mol. The molecule has 0 aliphatic carbocycles. The topological polar surface area (TPSA) is 78.2 Å². The molecule has 1 aromatic carbocycles. The van der Waals surface area contributed by atoms with Crippen LogP contribution in [-0.2, 0) is 0 Å². The van der Waals surface area contributed by atoms with Crippen LogP contribution in [0.3, 0.4) is 0 Å². The number of hydrogen-bond donors (Lipinski definition) is 4. The minimum absolute atomic E-state index is 0.241. The zero-order valence-electron chi connectivity index (χ0n) is 9.82. The fourth-order valence-electron chi connectivity index (χ4n) is 2.27. The predicted molar refractivity (Wildman–Crippen MR) is 76.3 cm³/mol. The molecule has 0 saturated heterocycles. The second-order valence-electron chi connectivity index (χ2n) is 4.22. The summed E-state index contributed by atoms with van der Waals surface area (Å²) in [7, 11) is 0. The standard InChI is InChI=1S/C12H13N5S/c1-6-9(7-4-2-3-5-8(7)14-6)10-15-11(13)17-12(18)16-10/h2-5,10,14H,1H3,(H4,13,15,16,17,18)/t10-/m1/s1. The average Bonchev–Trinajstić information content (AvgIpc) is 2.63. The Morgan fingerprint density at radius 1 is 1.33 bits per heavy atom. The van der Waals surface area contributed by atoms with E-state index in [4.69, 9.17) is 18.0 Å². The van der Waals surface area contributed by atoms with Crippen LogP contribution in [0.1, 0.15) is 17.4 Å². The van der Waals surface area contributed by atoms with E-state index in [0.29, 0.717) is 11.1 Å². The third kappa shape index (κ3) is 1.70. The first kappa shape index (κ1) is 11.0. The van der Waals surface area contributed by atoms with Gasteiger partial charge in [0.15, 0.2) is 17.2 Å². The molecule has 0 radical (unpaired) electrons. The number of fused-ring (bicyclic) bond motifs is 1. The van der Waals surface area contributed by atoms with Crippen molar-refractivity contribution in [2.75, 3.05) is 0 Å². The molecule has 1 aromatic heterocycles. The number of nitrogens with one attached hydrogen (secondary N) is 3. The number of guanidine groups is 1. The molecule has 6 heteroatoms. The van der Waals surface area contributed by atoms with Gasteiger partial charge in [0, 0.05) is 22.2 Å². The van der Waals surface area contributed by atoms with Crippen LogP contribution >= 0.6 is 12.2 Å². The summed E-state index contributed by atoms with van der Waals surface area (Å²) in [6.07, 6.45) is -0.241. The number of hydrogen-bond acceptors (Lipinski definition) is 3. The van der Waals surface area contributed by atoms with Gasteiger partial charge in [-0.05, 0) is 25.2 Å². The van der Waals surface area contributed by atoms with E-state index in [9.17, 15) is 0 Å². The quantitative estimate of drug-likeness (QED) is 0.582. The van der Waals surface area contributed by atoms with Crippen LogP contribution in [0.25, 0.3) is 10.9 Å². The van der Waals surface area contributed by atoms with Crippen LogP contribution < -0.4 is 16.4 Å². The Balaban J connectivity index is 2.17. The molecule has 5 nitrogen and oxygen atoms in total. The summed E-state index contributed by atoms with van der Waals surface area (Å²) in [4.78, 5) is 7.69. The van der Waals surface area contributed by atoms with Crippen LogP contribution in [0, 0.1) is 6.92 Å². The summed E-state index contributed by atoms with van der Waals surface area (Å²) in [5.41, 5.74) is 8.95. The lowest BCUT2D eigenvalue weighted by atomic mass is 10.1. The van der Waals surface area contributed by atoms with Crippen molar-refractivity contribution in [3.05, 3.63) is 35.5 Å². The molecule has 0 fully saturated rings. The molecule has 1 aliphatic rings. The molecule has 18 heavy (non-hydrogen) atoms. The highest BCUT2D eigenvalue weighted by atomic mass is 32.1. The lowest BCUT2D eigenvalue weighted by Gasteiger charge is -2.23. The molecule has 0 amide bonds. The molecule has 2 aromatic rings. The van der Waals surface area contributed by atoms with E-state index in [0.717, 1.165) is 22.2 Å². The Morgan fingerprint density at radius 2 is 2.11 bits per heavy atom. The van der Waals surface area contributed by atoms with Gasteiger partial charge in [-0.25, -0.2) is 4.99 Å². The zero-order chi connectivity index (χ0) is 12.7. The van der Waals surface area contributed by atoms with Gasteiger partial charge in [0.2, 0.25) is 0 Å². The van der Waals surface area contributed by atoms with Crippen molar-refractivity contribution in [2.45, 2.75) is 13.1 Å². The first-order chi connectivity index (χ1) is 8.65. The van der Waals surface area contributed by atoms with Crippen molar-refractivity contribution in [1.29, 1.82) is 0 Å². The molecule has 1 aliphatic heterocycles. The van der Waals surface area contributed by atoms with Crippen molar-refractivity contribution in [3.63, 3.8) is 0 Å². The van der Waals surface area contributed by atoms with Crippen LogP contribution in [0.2, 0.25) is 0 Å². The molecule has 3 rings (SSSR count). The molecular formula is C12H13N5S. The van der Waals surface area contributed by atoms with Crippen LogP contribution in [0.4, 0.5) is 0 Å². The molecule has 0 bridgehead atoms. The van der Waals surface area contributed by atoms with Gasteiger partial charge in [-0.2, -0.15) is 0 Å². The molecule has 0 saturated carbocycles. The Morgan fingerprint density at radius 3 is 2.89 bits per heavy atom. The van der Waals surface area contributed by atoms with Gasteiger partial charge >= 0.3 is 0 Å². The van der Waals surface area contributed by atoms with Crippen molar-refractivity contribution >= 4 is 34.2 Å². The summed E-state index contributed by atoms with van der Waals surface area (Å²) in [6, 6.07) is 8.11. The minimum atomic E-state index is -0.241. The van der Waals surface area contributed by atoms with Crippen molar-refractivity contribution in [3.8, 4) is 0 Å². The SMILES string of the molecule is Cc1[nH]c2ccccc2c1[C@@H]1N=C(N)NC(=S)N1. The third-order valence-electron chi connectivity index (χ3n) is 2.99. The fourth-order valence-corrected chi connectivity index (χ4v) is 2.48. The first-order valence-electron chi connectivity index (χ1n) is 5.63. The number of aryl methyl sites for hydroxylation is 1. The Hall–Kier alpha value is -2.08. The minimum Gasteiger partial charge on any atom is -0.370 e. The number of aliphatic imine (C=N–C) groups is 1. The van der Waals surface area contributed by atoms with E-state index in [-0.39, 0.29) is 6.17 Å². The van der Waals surface area contributed by atoms with E-state index in [1.807, 2.05) is 25.1 Å². The fraction of sp³-hybridized carbons (Fsp3) is 0.167. The lowest BCUT2D eigenvalue weighted by Crippen LogP contribution is -2.49. The number of H-pyrrole nitrogens is 1. The third-order valence-corrected chi connectivity index (χ3v) is 3.21. The van der Waals surface area contributed by atoms with Crippen molar-refractivity contribution < 1.29 is 0 Å². The van der Waals surface area contributed by atoms with E-state index in [2.05, 4.69) is 26.7 Å². The predicted octanol–water partition coefficient (Wildman–Crippen LogP) is 1.27. The summed E-state index contributed by atoms with van der Waals surface area (Å²) in [5, 5.41) is 7.52. The molecule has 2 heterocycles. The van der Waals surface area contributed by atoms with E-state index in [1.165, 1.54) is 0 Å². The maximum atomic E-state index is 5.72. The van der Waals surface area contributed by atoms with E-state index < -0.39 is 0 Å². The van der Waals surface area contributed by atoms with Gasteiger partial charge in [0.1, 0.15) is 0 Å². The number of benzene rings is 1. The molecule has 0 spiro atoms. The highest BCUT2D eigenvalue weighted by molar-refractivity contribution is 7.80. The number of aromatic nitrogens is 1. The molecule has 0 unspecified atom stereocenters. The number of rotatable bonds is 1. The zero-order valence-corrected chi connectivity index (χ0v) is 10.6. The Bertz CT molecular complexity index is 658. The Labute approximate surface area is 109 Å². The number of para-hydroxylation sites is 1. The second-order valence-corrected chi connectivity index (χ2v) is 4.63. The van der Waals surface area contributed by atoms with Crippen molar-refractivity contribution in [2.24, 2.45) is 10.7 Å². The van der Waals surface area contributed by atoms with Gasteiger partial charge in [0.25, 0.3) is 0 Å². The molecule has 92 valence electrons. The first-order valence-corrected chi connectivity index (χ1v) is 6.04. The smallest absolute Gasteiger partial charge is 0.197 e. The summed E-state index contributed by atoms with van der Waals surface area (Å²) in [5.74, 6) is 0.341. The van der Waals surface area contributed by atoms with Crippen LogP contribution in [-0.4, -0.2) is 16.1 Å². The van der Waals surface area contributed by atoms with E-state index in [1.54, 1.807) is 0 Å². The monoisotopic (exact) mass is 259 g/mol. The van der Waals surface area contributed by atoms with Gasteiger partial charge < -0.3 is 21.4 Å². The number of thiocarbonyl (C=S) groups is 1. The van der Waals surface area contributed by atoms with Gasteiger partial charge in [-0.1, -0.05) is 18.2 Å². The van der Waals surface area contributed by atoms with Gasteiger partial charge in [-0.15, -0.1) is 0 Å². The van der Waals surface area contributed by atoms with Gasteiger partial charge in [-0.3, -0.25) is 0 Å². The molecule has 1 atom stereocenters. The van der Waals surface area contributed by atoms with Crippen LogP contribution in [0.5, 0.6) is 0 Å². The van der Waals surface area contributed by atoms with E-state index >= 15 is 0 Å². The summed E-state index contributed by atoms with van der Waals surface area (Å²) >= 11 is 5.11. The maximum Gasteiger partial charge on any atom is 0.197 e. The summed E-state index contributed by atoms with van der Waals surface area (Å²) in [6.45, 7) is 2.02. The van der Waals surface area contributed by atoms with Crippen LogP contribution in [0.15, 0.2) is 29.3 Å². The normalized spacial score (nSPS) is 19.3. The van der Waals surface area contributed by atoms with Crippen molar-refractivity contribution in [1.82, 2.24) is 15.6 Å². The highest BCUT2D eigenvalue weighted by Gasteiger charge is 2.22. The average molecular weight is 259 g/mol. The molecule has 5 N–H and O–H groups in total. The second kappa shape index (κ2) is 3.99. The number of nitrogens with two attached hydrogens (primary N) is 1. The Kier molecular flexibility index (Phi) is 2.45. The number of nitrogens with zero attached hydrogens (tertiary/aromatic N) is 1. The largest absolute Gasteiger partial charge is 0.370 e. The summed E-state index contributed by atoms with van der Waals surface area (Å²) < 4.78 is 0. The highest BCUT2D eigenvalue weighted by Crippen LogP contribution is 2.29. The lowest BCUT2D eigenvalue weighted by molar-refractivity contribution is 0.660. The van der Waals surface area contributed by atoms with Gasteiger partial charge in [0.05, 0.1) is 0 Å². The maximum absolute atomic E-state index is 5.72.